The van der Waals surface area contributed by atoms with Crippen LogP contribution in [0.25, 0.3) is 0 Å². The summed E-state index contributed by atoms with van der Waals surface area (Å²) in [5.74, 6) is 2.07. The van der Waals surface area contributed by atoms with Gasteiger partial charge in [0.05, 0.1) is 25.3 Å². The van der Waals surface area contributed by atoms with Gasteiger partial charge in [-0.05, 0) is 44.4 Å². The lowest BCUT2D eigenvalue weighted by atomic mass is 10.2. The first-order valence-corrected chi connectivity index (χ1v) is 8.09. The maximum atomic E-state index is 6.28. The van der Waals surface area contributed by atoms with Crippen molar-refractivity contribution in [2.24, 2.45) is 4.99 Å². The minimum Gasteiger partial charge on any atom is -0.493 e. The molecule has 0 spiro atoms. The van der Waals surface area contributed by atoms with Crippen molar-refractivity contribution in [1.82, 2.24) is 10.6 Å². The summed E-state index contributed by atoms with van der Waals surface area (Å²) in [6.45, 7) is 5.89. The van der Waals surface area contributed by atoms with Crippen LogP contribution >= 0.6 is 35.6 Å². The number of guanidine groups is 1. The molecule has 0 amide bonds. The van der Waals surface area contributed by atoms with Crippen molar-refractivity contribution >= 4 is 41.5 Å². The molecule has 0 bridgehead atoms. The van der Waals surface area contributed by atoms with Gasteiger partial charge in [-0.3, -0.25) is 0 Å². The highest BCUT2D eigenvalue weighted by molar-refractivity contribution is 14.0. The van der Waals surface area contributed by atoms with Crippen LogP contribution in [0.2, 0.25) is 5.02 Å². The summed E-state index contributed by atoms with van der Waals surface area (Å²) < 4.78 is 10.9. The molecule has 2 rings (SSSR count). The first-order valence-electron chi connectivity index (χ1n) is 7.72. The Balaban J connectivity index is 0.00000264. The van der Waals surface area contributed by atoms with Crippen LogP contribution in [-0.4, -0.2) is 32.3 Å². The van der Waals surface area contributed by atoms with E-state index >= 15 is 0 Å². The van der Waals surface area contributed by atoms with E-state index in [9.17, 15) is 0 Å². The van der Waals surface area contributed by atoms with Crippen LogP contribution in [0.4, 0.5) is 0 Å². The second-order valence-corrected chi connectivity index (χ2v) is 5.56. The Hall–Kier alpha value is -0.890. The van der Waals surface area contributed by atoms with Crippen molar-refractivity contribution in [2.45, 2.75) is 39.3 Å². The topological polar surface area (TPSA) is 54.9 Å². The number of nitrogens with one attached hydrogen (secondary N) is 2. The first kappa shape index (κ1) is 20.2. The van der Waals surface area contributed by atoms with E-state index in [1.807, 2.05) is 19.1 Å². The van der Waals surface area contributed by atoms with E-state index in [4.69, 9.17) is 21.1 Å². The highest BCUT2D eigenvalue weighted by atomic mass is 127. The molecule has 1 aliphatic carbocycles. The third-order valence-corrected chi connectivity index (χ3v) is 3.54. The zero-order valence-electron chi connectivity index (χ0n) is 13.8. The molecule has 23 heavy (non-hydrogen) atoms. The van der Waals surface area contributed by atoms with Crippen LogP contribution < -0.4 is 20.1 Å². The number of nitrogens with zero attached hydrogens (tertiary/aromatic N) is 1. The number of rotatable bonds is 7. The molecule has 0 unspecified atom stereocenters. The van der Waals surface area contributed by atoms with Gasteiger partial charge >= 0.3 is 0 Å². The van der Waals surface area contributed by atoms with Gasteiger partial charge in [0.15, 0.2) is 17.5 Å². The number of ether oxygens (including phenoxy) is 2. The molecule has 1 fully saturated rings. The molecule has 0 saturated heterocycles. The summed E-state index contributed by atoms with van der Waals surface area (Å²) in [6.07, 6.45) is 2.43. The van der Waals surface area contributed by atoms with Crippen LogP contribution in [0.5, 0.6) is 11.5 Å². The highest BCUT2D eigenvalue weighted by Crippen LogP contribution is 2.36. The van der Waals surface area contributed by atoms with E-state index in [-0.39, 0.29) is 24.0 Å². The van der Waals surface area contributed by atoms with E-state index in [0.717, 1.165) is 18.1 Å². The maximum absolute atomic E-state index is 6.28. The Morgan fingerprint density at radius 3 is 2.65 bits per heavy atom. The van der Waals surface area contributed by atoms with Gasteiger partial charge in [-0.25, -0.2) is 4.99 Å². The summed E-state index contributed by atoms with van der Waals surface area (Å²) in [6, 6.07) is 4.36. The van der Waals surface area contributed by atoms with E-state index in [1.165, 1.54) is 12.8 Å². The molecule has 2 N–H and O–H groups in total. The zero-order chi connectivity index (χ0) is 15.9. The maximum Gasteiger partial charge on any atom is 0.191 e. The summed E-state index contributed by atoms with van der Waals surface area (Å²) in [5, 5.41) is 7.18. The number of benzene rings is 1. The molecule has 7 heteroatoms. The summed E-state index contributed by atoms with van der Waals surface area (Å²) in [5.41, 5.74) is 0.985. The van der Waals surface area contributed by atoms with Crippen LogP contribution in [0.15, 0.2) is 17.1 Å². The molecule has 0 heterocycles. The van der Waals surface area contributed by atoms with Crippen molar-refractivity contribution in [3.8, 4) is 11.5 Å². The standard InChI is InChI=1S/C16H24ClN3O2.HI/c1-4-18-16(20-12-6-7-12)19-10-11-8-13(17)15(22-5-2)14(9-11)21-3;/h8-9,12H,4-7,10H2,1-3H3,(H2,18,19,20);1H. The van der Waals surface area contributed by atoms with Gasteiger partial charge < -0.3 is 20.1 Å². The van der Waals surface area contributed by atoms with Gasteiger partial charge in [0.25, 0.3) is 0 Å². The number of aliphatic imine (C=N–C) groups is 1. The Labute approximate surface area is 160 Å². The summed E-state index contributed by atoms with van der Waals surface area (Å²) >= 11 is 6.28. The third-order valence-electron chi connectivity index (χ3n) is 3.26. The average Bonchev–Trinajstić information content (AvgIpc) is 3.31. The molecule has 0 radical (unpaired) electrons. The molecule has 1 aromatic carbocycles. The van der Waals surface area contributed by atoms with Gasteiger partial charge in [0.2, 0.25) is 0 Å². The van der Waals surface area contributed by atoms with Crippen molar-refractivity contribution in [3.63, 3.8) is 0 Å². The summed E-state index contributed by atoms with van der Waals surface area (Å²) in [7, 11) is 1.61. The second kappa shape index (κ2) is 10.1. The molecule has 0 aromatic heterocycles. The fourth-order valence-corrected chi connectivity index (χ4v) is 2.35. The number of hydrogen-bond donors (Lipinski definition) is 2. The minimum atomic E-state index is 0. The Morgan fingerprint density at radius 2 is 2.09 bits per heavy atom. The minimum absolute atomic E-state index is 0. The van der Waals surface area contributed by atoms with Crippen LogP contribution in [-0.2, 0) is 6.54 Å². The fraction of sp³-hybridized carbons (Fsp3) is 0.562. The Kier molecular flexibility index (Phi) is 8.83. The quantitative estimate of drug-likeness (QED) is 0.376. The first-order chi connectivity index (χ1) is 10.7. The SMILES string of the molecule is CCNC(=NCc1cc(Cl)c(OCC)c(OC)c1)NC1CC1.I. The van der Waals surface area contributed by atoms with Crippen LogP contribution in [0.3, 0.4) is 0 Å². The predicted molar refractivity (Wildman–Crippen MR) is 106 cm³/mol. The lowest BCUT2D eigenvalue weighted by Crippen LogP contribution is -2.38. The molecule has 1 aliphatic rings. The van der Waals surface area contributed by atoms with Gasteiger partial charge in [-0.15, -0.1) is 24.0 Å². The van der Waals surface area contributed by atoms with Crippen molar-refractivity contribution in [3.05, 3.63) is 22.7 Å². The molecule has 0 atom stereocenters. The van der Waals surface area contributed by atoms with Crippen molar-refractivity contribution in [2.75, 3.05) is 20.3 Å². The van der Waals surface area contributed by atoms with Crippen LogP contribution in [0, 0.1) is 0 Å². The molecule has 5 nitrogen and oxygen atoms in total. The lowest BCUT2D eigenvalue weighted by Gasteiger charge is -2.13. The third kappa shape index (κ3) is 6.25. The van der Waals surface area contributed by atoms with Crippen LogP contribution in [0.1, 0.15) is 32.3 Å². The number of halogens is 2. The predicted octanol–water partition coefficient (Wildman–Crippen LogP) is 3.58. The van der Waals surface area contributed by atoms with E-state index in [2.05, 4.69) is 22.5 Å². The fourth-order valence-electron chi connectivity index (χ4n) is 2.06. The summed E-state index contributed by atoms with van der Waals surface area (Å²) in [4.78, 5) is 4.60. The average molecular weight is 454 g/mol. The van der Waals surface area contributed by atoms with Gasteiger partial charge in [0.1, 0.15) is 0 Å². The van der Waals surface area contributed by atoms with Crippen molar-refractivity contribution in [1.29, 1.82) is 0 Å². The lowest BCUT2D eigenvalue weighted by molar-refractivity contribution is 0.311. The molecule has 1 aromatic rings. The highest BCUT2D eigenvalue weighted by Gasteiger charge is 2.22. The largest absolute Gasteiger partial charge is 0.493 e. The second-order valence-electron chi connectivity index (χ2n) is 5.16. The van der Waals surface area contributed by atoms with E-state index in [1.54, 1.807) is 7.11 Å². The van der Waals surface area contributed by atoms with Gasteiger partial charge in [-0.2, -0.15) is 0 Å². The monoisotopic (exact) mass is 453 g/mol. The zero-order valence-corrected chi connectivity index (χ0v) is 16.9. The molecular weight excluding hydrogens is 429 g/mol. The molecule has 130 valence electrons. The van der Waals surface area contributed by atoms with Crippen molar-refractivity contribution < 1.29 is 9.47 Å². The van der Waals surface area contributed by atoms with E-state index in [0.29, 0.717) is 35.7 Å². The number of methoxy groups -OCH3 is 1. The van der Waals surface area contributed by atoms with E-state index < -0.39 is 0 Å². The molecular formula is C16H25ClIN3O2. The number of hydrogen-bond acceptors (Lipinski definition) is 3. The molecule has 0 aliphatic heterocycles. The molecule has 1 saturated carbocycles. The van der Waals surface area contributed by atoms with Gasteiger partial charge in [0, 0.05) is 12.6 Å². The van der Waals surface area contributed by atoms with Gasteiger partial charge in [-0.1, -0.05) is 11.6 Å². The Bertz CT molecular complexity index is 536. The normalized spacial score (nSPS) is 14.0. The smallest absolute Gasteiger partial charge is 0.191 e. The Morgan fingerprint density at radius 1 is 1.35 bits per heavy atom.